The van der Waals surface area contributed by atoms with Crippen molar-refractivity contribution in [3.63, 3.8) is 0 Å². The van der Waals surface area contributed by atoms with Crippen LogP contribution in [0.25, 0.3) is 5.00 Å². The lowest BCUT2D eigenvalue weighted by atomic mass is 10.2. The SMILES string of the molecule is CCCCc1ccc(CCCC)n1-c1cccs1. The van der Waals surface area contributed by atoms with Gasteiger partial charge in [0.25, 0.3) is 0 Å². The van der Waals surface area contributed by atoms with Crippen LogP contribution in [0.1, 0.15) is 50.9 Å². The monoisotopic (exact) mass is 261 g/mol. The van der Waals surface area contributed by atoms with Gasteiger partial charge >= 0.3 is 0 Å². The minimum absolute atomic E-state index is 1.19. The van der Waals surface area contributed by atoms with E-state index in [2.05, 4.69) is 48.1 Å². The summed E-state index contributed by atoms with van der Waals surface area (Å²) in [6, 6.07) is 9.02. The number of rotatable bonds is 7. The van der Waals surface area contributed by atoms with Gasteiger partial charge in [0.2, 0.25) is 0 Å². The Morgan fingerprint density at radius 3 is 2.00 bits per heavy atom. The zero-order chi connectivity index (χ0) is 12.8. The van der Waals surface area contributed by atoms with Crippen LogP contribution in [0.3, 0.4) is 0 Å². The first-order valence-electron chi connectivity index (χ1n) is 7.10. The quantitative estimate of drug-likeness (QED) is 0.643. The first kappa shape index (κ1) is 13.4. The Hall–Kier alpha value is -1.02. The molecule has 0 aromatic carbocycles. The molecule has 98 valence electrons. The van der Waals surface area contributed by atoms with Crippen molar-refractivity contribution in [3.8, 4) is 5.00 Å². The standard InChI is InChI=1S/C16H23NS/c1-3-5-8-14-11-12-15(9-6-4-2)17(14)16-10-7-13-18-16/h7,10-13H,3-6,8-9H2,1-2H3. The highest BCUT2D eigenvalue weighted by molar-refractivity contribution is 7.12. The summed E-state index contributed by atoms with van der Waals surface area (Å²) in [7, 11) is 0. The summed E-state index contributed by atoms with van der Waals surface area (Å²) in [4.78, 5) is 0. The smallest absolute Gasteiger partial charge is 0.0994 e. The summed E-state index contributed by atoms with van der Waals surface area (Å²) >= 11 is 1.84. The number of nitrogens with zero attached hydrogens (tertiary/aromatic N) is 1. The lowest BCUT2D eigenvalue weighted by molar-refractivity contribution is 0.726. The molecular weight excluding hydrogens is 238 g/mol. The summed E-state index contributed by atoms with van der Waals surface area (Å²) in [5.41, 5.74) is 2.95. The van der Waals surface area contributed by atoms with Crippen molar-refractivity contribution in [2.75, 3.05) is 0 Å². The van der Waals surface area contributed by atoms with Gasteiger partial charge in [0, 0.05) is 11.4 Å². The normalized spacial score (nSPS) is 11.0. The van der Waals surface area contributed by atoms with Gasteiger partial charge in [-0.05, 0) is 55.3 Å². The minimum atomic E-state index is 1.19. The van der Waals surface area contributed by atoms with E-state index in [1.54, 1.807) is 0 Å². The molecule has 0 bridgehead atoms. The molecule has 0 spiro atoms. The van der Waals surface area contributed by atoms with Crippen LogP contribution < -0.4 is 0 Å². The predicted octanol–water partition coefficient (Wildman–Crippen LogP) is 5.22. The molecule has 0 amide bonds. The highest BCUT2D eigenvalue weighted by Gasteiger charge is 2.10. The van der Waals surface area contributed by atoms with Crippen molar-refractivity contribution in [1.29, 1.82) is 0 Å². The Kier molecular flexibility index (Phi) is 5.06. The molecule has 0 aliphatic heterocycles. The lowest BCUT2D eigenvalue weighted by Crippen LogP contribution is -2.03. The molecular formula is C16H23NS. The van der Waals surface area contributed by atoms with E-state index >= 15 is 0 Å². The van der Waals surface area contributed by atoms with Gasteiger partial charge in [-0.25, -0.2) is 0 Å². The molecule has 2 heteroatoms. The maximum atomic E-state index is 2.48. The Balaban J connectivity index is 2.27. The molecule has 0 fully saturated rings. The van der Waals surface area contributed by atoms with Crippen molar-refractivity contribution >= 4 is 11.3 Å². The van der Waals surface area contributed by atoms with Gasteiger partial charge in [0.15, 0.2) is 0 Å². The van der Waals surface area contributed by atoms with Crippen LogP contribution >= 0.6 is 11.3 Å². The first-order valence-corrected chi connectivity index (χ1v) is 7.98. The van der Waals surface area contributed by atoms with Crippen LogP contribution in [0.15, 0.2) is 29.6 Å². The van der Waals surface area contributed by atoms with Crippen LogP contribution in [0.2, 0.25) is 0 Å². The third-order valence-corrected chi connectivity index (χ3v) is 4.20. The first-order chi connectivity index (χ1) is 8.86. The third kappa shape index (κ3) is 3.05. The Labute approximate surface area is 114 Å². The topological polar surface area (TPSA) is 4.93 Å². The molecule has 2 rings (SSSR count). The van der Waals surface area contributed by atoms with Gasteiger partial charge in [0.1, 0.15) is 0 Å². The second-order valence-electron chi connectivity index (χ2n) is 4.81. The summed E-state index contributed by atoms with van der Waals surface area (Å²) in [5, 5.41) is 3.54. The Morgan fingerprint density at radius 1 is 0.944 bits per heavy atom. The second-order valence-corrected chi connectivity index (χ2v) is 5.74. The number of aromatic nitrogens is 1. The summed E-state index contributed by atoms with van der Waals surface area (Å²) < 4.78 is 2.48. The largest absolute Gasteiger partial charge is 0.309 e. The molecule has 0 radical (unpaired) electrons. The molecule has 0 atom stereocenters. The van der Waals surface area contributed by atoms with Gasteiger partial charge in [-0.3, -0.25) is 0 Å². The van der Waals surface area contributed by atoms with E-state index < -0.39 is 0 Å². The number of thiophene rings is 1. The second kappa shape index (κ2) is 6.79. The van der Waals surface area contributed by atoms with E-state index in [-0.39, 0.29) is 0 Å². The molecule has 0 unspecified atom stereocenters. The zero-order valence-electron chi connectivity index (χ0n) is 11.5. The van der Waals surface area contributed by atoms with Gasteiger partial charge < -0.3 is 4.57 Å². The van der Waals surface area contributed by atoms with Crippen LogP contribution in [-0.4, -0.2) is 4.57 Å². The van der Waals surface area contributed by atoms with E-state index in [4.69, 9.17) is 0 Å². The van der Waals surface area contributed by atoms with Gasteiger partial charge in [-0.2, -0.15) is 0 Å². The summed E-state index contributed by atoms with van der Waals surface area (Å²) in [6.45, 7) is 4.52. The average molecular weight is 261 g/mol. The molecule has 0 aliphatic carbocycles. The minimum Gasteiger partial charge on any atom is -0.309 e. The Morgan fingerprint density at radius 2 is 1.56 bits per heavy atom. The molecule has 18 heavy (non-hydrogen) atoms. The van der Waals surface area contributed by atoms with Gasteiger partial charge in [0.05, 0.1) is 5.00 Å². The fraction of sp³-hybridized carbons (Fsp3) is 0.500. The van der Waals surface area contributed by atoms with Crippen LogP contribution in [0.5, 0.6) is 0 Å². The highest BCUT2D eigenvalue weighted by Crippen LogP contribution is 2.24. The molecule has 0 N–H and O–H groups in total. The third-order valence-electron chi connectivity index (χ3n) is 3.34. The van der Waals surface area contributed by atoms with Gasteiger partial charge in [-0.1, -0.05) is 26.7 Å². The lowest BCUT2D eigenvalue weighted by Gasteiger charge is -2.11. The Bertz CT molecular complexity index is 428. The van der Waals surface area contributed by atoms with E-state index in [0.717, 1.165) is 0 Å². The zero-order valence-corrected chi connectivity index (χ0v) is 12.3. The number of unbranched alkanes of at least 4 members (excludes halogenated alkanes) is 2. The molecule has 2 aromatic heterocycles. The van der Waals surface area contributed by atoms with E-state index in [1.165, 1.54) is 54.9 Å². The highest BCUT2D eigenvalue weighted by atomic mass is 32.1. The number of aryl methyl sites for hydroxylation is 2. The number of hydrogen-bond donors (Lipinski definition) is 0. The van der Waals surface area contributed by atoms with Crippen molar-refractivity contribution < 1.29 is 0 Å². The predicted molar refractivity (Wildman–Crippen MR) is 80.9 cm³/mol. The van der Waals surface area contributed by atoms with Crippen molar-refractivity contribution in [1.82, 2.24) is 4.57 Å². The van der Waals surface area contributed by atoms with Crippen LogP contribution in [0.4, 0.5) is 0 Å². The molecule has 0 aliphatic rings. The van der Waals surface area contributed by atoms with Crippen LogP contribution in [-0.2, 0) is 12.8 Å². The maximum Gasteiger partial charge on any atom is 0.0994 e. The summed E-state index contributed by atoms with van der Waals surface area (Å²) in [5.74, 6) is 0. The maximum absolute atomic E-state index is 2.48. The average Bonchev–Trinajstić information content (AvgIpc) is 3.02. The fourth-order valence-electron chi connectivity index (χ4n) is 2.31. The molecule has 0 saturated heterocycles. The van der Waals surface area contributed by atoms with E-state index in [1.807, 2.05) is 11.3 Å². The van der Waals surface area contributed by atoms with E-state index in [9.17, 15) is 0 Å². The van der Waals surface area contributed by atoms with E-state index in [0.29, 0.717) is 0 Å². The molecule has 0 saturated carbocycles. The molecule has 1 nitrogen and oxygen atoms in total. The van der Waals surface area contributed by atoms with Crippen molar-refractivity contribution in [2.24, 2.45) is 0 Å². The van der Waals surface area contributed by atoms with Gasteiger partial charge in [-0.15, -0.1) is 11.3 Å². The van der Waals surface area contributed by atoms with Crippen LogP contribution in [0, 0.1) is 0 Å². The molecule has 2 heterocycles. The molecule has 2 aromatic rings. The summed E-state index contributed by atoms with van der Waals surface area (Å²) in [6.07, 6.45) is 7.48. The number of hydrogen-bond acceptors (Lipinski definition) is 1. The van der Waals surface area contributed by atoms with Crippen molar-refractivity contribution in [3.05, 3.63) is 41.0 Å². The fourth-order valence-corrected chi connectivity index (χ4v) is 3.11. The van der Waals surface area contributed by atoms with Crippen molar-refractivity contribution in [2.45, 2.75) is 52.4 Å².